The summed E-state index contributed by atoms with van der Waals surface area (Å²) in [5.74, 6) is 0.116. The molecule has 0 aliphatic rings. The lowest BCUT2D eigenvalue weighted by Gasteiger charge is -2.05. The smallest absolute Gasteiger partial charge is 0.311 e. The van der Waals surface area contributed by atoms with Gasteiger partial charge in [0.1, 0.15) is 17.9 Å². The third-order valence-electron chi connectivity index (χ3n) is 3.01. The van der Waals surface area contributed by atoms with Gasteiger partial charge < -0.3 is 4.74 Å². The first kappa shape index (κ1) is 15.3. The molecule has 0 bridgehead atoms. The molecular formula is C15H10N2O4S2. The highest BCUT2D eigenvalue weighted by Gasteiger charge is 2.16. The molecule has 1 aromatic carbocycles. The molecular weight excluding hydrogens is 336 g/mol. The van der Waals surface area contributed by atoms with Crippen LogP contribution in [0.25, 0.3) is 10.6 Å². The lowest BCUT2D eigenvalue weighted by atomic mass is 10.2. The van der Waals surface area contributed by atoms with Gasteiger partial charge in [0, 0.05) is 28.0 Å². The first-order valence-electron chi connectivity index (χ1n) is 6.51. The molecule has 0 radical (unpaired) electrons. The van der Waals surface area contributed by atoms with E-state index in [9.17, 15) is 14.9 Å². The molecule has 0 saturated heterocycles. The highest BCUT2D eigenvalue weighted by molar-refractivity contribution is 7.14. The van der Waals surface area contributed by atoms with Crippen LogP contribution in [0.1, 0.15) is 16.1 Å². The number of hydrogen-bond acceptors (Lipinski definition) is 7. The van der Waals surface area contributed by atoms with Gasteiger partial charge in [0.15, 0.2) is 5.75 Å². The zero-order valence-corrected chi connectivity index (χ0v) is 13.3. The zero-order valence-electron chi connectivity index (χ0n) is 11.7. The highest BCUT2D eigenvalue weighted by atomic mass is 32.1. The minimum atomic E-state index is -0.569. The maximum absolute atomic E-state index is 11.1. The Hall–Kier alpha value is -2.58. The summed E-state index contributed by atoms with van der Waals surface area (Å²) in [4.78, 5) is 25.7. The van der Waals surface area contributed by atoms with Gasteiger partial charge in [0.25, 0.3) is 0 Å². The molecule has 0 fully saturated rings. The van der Waals surface area contributed by atoms with E-state index in [-0.39, 0.29) is 23.6 Å². The summed E-state index contributed by atoms with van der Waals surface area (Å²) in [6.07, 6.45) is 0.560. The number of aromatic nitrogens is 1. The minimum absolute atomic E-state index is 0.116. The standard InChI is InChI=1S/C15H10N2O4S2/c18-6-10-1-2-14(13(5-10)17(19)20)21-7-12-9-23-15(16-12)11-3-4-22-8-11/h1-6,8-9H,7H2. The number of rotatable bonds is 6. The number of nitro groups is 1. The van der Waals surface area contributed by atoms with Crippen molar-refractivity contribution in [3.05, 3.63) is 61.8 Å². The van der Waals surface area contributed by atoms with E-state index < -0.39 is 4.92 Å². The molecule has 2 heterocycles. The van der Waals surface area contributed by atoms with E-state index in [1.165, 1.54) is 29.5 Å². The Bertz CT molecular complexity index is 843. The Morgan fingerprint density at radius 1 is 1.30 bits per heavy atom. The molecule has 8 heteroatoms. The maximum atomic E-state index is 11.1. The maximum Gasteiger partial charge on any atom is 0.311 e. The predicted molar refractivity (Wildman–Crippen MR) is 88.2 cm³/mol. The molecule has 3 aromatic rings. The van der Waals surface area contributed by atoms with Crippen molar-refractivity contribution in [2.45, 2.75) is 6.61 Å². The predicted octanol–water partition coefficient (Wildman–Crippen LogP) is 4.17. The molecule has 6 nitrogen and oxygen atoms in total. The minimum Gasteiger partial charge on any atom is -0.480 e. The van der Waals surface area contributed by atoms with Crippen molar-refractivity contribution < 1.29 is 14.5 Å². The van der Waals surface area contributed by atoms with Crippen LogP contribution in [0.15, 0.2) is 40.4 Å². The van der Waals surface area contributed by atoms with Gasteiger partial charge in [0.2, 0.25) is 0 Å². The van der Waals surface area contributed by atoms with E-state index in [0.717, 1.165) is 10.6 Å². The number of nitro benzene ring substituents is 1. The quantitative estimate of drug-likeness (QED) is 0.380. The molecule has 0 aliphatic heterocycles. The monoisotopic (exact) mass is 346 g/mol. The van der Waals surface area contributed by atoms with Crippen molar-refractivity contribution >= 4 is 34.6 Å². The largest absolute Gasteiger partial charge is 0.480 e. The van der Waals surface area contributed by atoms with E-state index in [4.69, 9.17) is 4.74 Å². The van der Waals surface area contributed by atoms with Crippen LogP contribution in [0.5, 0.6) is 5.75 Å². The van der Waals surface area contributed by atoms with E-state index >= 15 is 0 Å². The first-order chi connectivity index (χ1) is 11.2. The fourth-order valence-electron chi connectivity index (χ4n) is 1.92. The summed E-state index contributed by atoms with van der Waals surface area (Å²) >= 11 is 3.09. The van der Waals surface area contributed by atoms with Crippen molar-refractivity contribution in [3.8, 4) is 16.3 Å². The number of aldehydes is 1. The van der Waals surface area contributed by atoms with Gasteiger partial charge in [-0.1, -0.05) is 0 Å². The van der Waals surface area contributed by atoms with E-state index in [1.54, 1.807) is 11.3 Å². The van der Waals surface area contributed by atoms with Crippen LogP contribution < -0.4 is 4.74 Å². The Morgan fingerprint density at radius 2 is 2.17 bits per heavy atom. The van der Waals surface area contributed by atoms with Crippen LogP contribution in [0, 0.1) is 10.1 Å². The fourth-order valence-corrected chi connectivity index (χ4v) is 3.43. The van der Waals surface area contributed by atoms with Crippen LogP contribution in [0.2, 0.25) is 0 Å². The van der Waals surface area contributed by atoms with Crippen molar-refractivity contribution in [3.63, 3.8) is 0 Å². The van der Waals surface area contributed by atoms with Gasteiger partial charge in [-0.15, -0.1) is 11.3 Å². The summed E-state index contributed by atoms with van der Waals surface area (Å²) in [7, 11) is 0. The number of ether oxygens (including phenoxy) is 1. The number of hydrogen-bond donors (Lipinski definition) is 0. The van der Waals surface area contributed by atoms with Crippen LogP contribution in [-0.2, 0) is 6.61 Å². The lowest BCUT2D eigenvalue weighted by Crippen LogP contribution is -2.00. The number of nitrogens with zero attached hydrogens (tertiary/aromatic N) is 2. The van der Waals surface area contributed by atoms with Gasteiger partial charge >= 0.3 is 5.69 Å². The summed E-state index contributed by atoms with van der Waals surface area (Å²) in [6, 6.07) is 6.08. The number of thiazole rings is 1. The van der Waals surface area contributed by atoms with Crippen LogP contribution in [0.4, 0.5) is 5.69 Å². The molecule has 0 unspecified atom stereocenters. The third-order valence-corrected chi connectivity index (χ3v) is 4.63. The molecule has 0 saturated carbocycles. The van der Waals surface area contributed by atoms with Crippen LogP contribution in [0.3, 0.4) is 0 Å². The molecule has 116 valence electrons. The number of thiophene rings is 1. The summed E-state index contributed by atoms with van der Waals surface area (Å²) in [6.45, 7) is 0.127. The molecule has 0 aliphatic carbocycles. The van der Waals surface area contributed by atoms with Gasteiger partial charge in [-0.3, -0.25) is 14.9 Å². The summed E-state index contributed by atoms with van der Waals surface area (Å²) in [5, 5.41) is 17.8. The Morgan fingerprint density at radius 3 is 2.87 bits per heavy atom. The van der Waals surface area contributed by atoms with Crippen molar-refractivity contribution in [1.82, 2.24) is 4.98 Å². The second kappa shape index (κ2) is 6.67. The zero-order chi connectivity index (χ0) is 16.2. The van der Waals surface area contributed by atoms with Gasteiger partial charge in [0.05, 0.1) is 10.6 Å². The fraction of sp³-hybridized carbons (Fsp3) is 0.0667. The molecule has 0 N–H and O–H groups in total. The van der Waals surface area contributed by atoms with Crippen molar-refractivity contribution in [2.75, 3.05) is 0 Å². The molecule has 3 rings (SSSR count). The molecule has 0 spiro atoms. The second-order valence-corrected chi connectivity index (χ2v) is 6.18. The average molecular weight is 346 g/mol. The van der Waals surface area contributed by atoms with Crippen molar-refractivity contribution in [1.29, 1.82) is 0 Å². The van der Waals surface area contributed by atoms with E-state index in [1.807, 2.05) is 22.2 Å². The van der Waals surface area contributed by atoms with Gasteiger partial charge in [-0.25, -0.2) is 4.98 Å². The average Bonchev–Trinajstić information content (AvgIpc) is 3.23. The molecule has 2 aromatic heterocycles. The Labute approximate surface area is 139 Å². The van der Waals surface area contributed by atoms with Crippen LogP contribution in [-0.4, -0.2) is 16.2 Å². The first-order valence-corrected chi connectivity index (χ1v) is 8.33. The molecule has 0 atom stereocenters. The SMILES string of the molecule is O=Cc1ccc(OCc2csc(-c3ccsc3)n2)c([N+](=O)[O-])c1. The second-order valence-electron chi connectivity index (χ2n) is 4.55. The summed E-state index contributed by atoms with van der Waals surface area (Å²) in [5.41, 5.74) is 1.75. The number of carbonyl (C=O) groups is 1. The normalized spacial score (nSPS) is 10.4. The Kier molecular flexibility index (Phi) is 4.45. The van der Waals surface area contributed by atoms with E-state index in [2.05, 4.69) is 4.98 Å². The van der Waals surface area contributed by atoms with Gasteiger partial charge in [-0.05, 0) is 23.6 Å². The lowest BCUT2D eigenvalue weighted by molar-refractivity contribution is -0.386. The van der Waals surface area contributed by atoms with Crippen LogP contribution >= 0.6 is 22.7 Å². The molecule has 0 amide bonds. The van der Waals surface area contributed by atoms with Crippen molar-refractivity contribution in [2.24, 2.45) is 0 Å². The summed E-state index contributed by atoms with van der Waals surface area (Å²) < 4.78 is 5.50. The van der Waals surface area contributed by atoms with E-state index in [0.29, 0.717) is 12.0 Å². The third kappa shape index (κ3) is 3.43. The highest BCUT2D eigenvalue weighted by Crippen LogP contribution is 2.29. The van der Waals surface area contributed by atoms with Gasteiger partial charge in [-0.2, -0.15) is 11.3 Å². The Balaban J connectivity index is 1.76. The number of carbonyl (C=O) groups excluding carboxylic acids is 1. The topological polar surface area (TPSA) is 82.3 Å². The molecule has 23 heavy (non-hydrogen) atoms. The number of benzene rings is 1.